The molecule has 2 atom stereocenters. The molecule has 1 fully saturated rings. The predicted octanol–water partition coefficient (Wildman–Crippen LogP) is 2.60. The van der Waals surface area contributed by atoms with E-state index in [9.17, 15) is 9.59 Å². The van der Waals surface area contributed by atoms with Crippen LogP contribution in [0.15, 0.2) is 48.8 Å². The van der Waals surface area contributed by atoms with Crippen LogP contribution in [0.3, 0.4) is 0 Å². The molecule has 5 nitrogen and oxygen atoms in total. The Balaban J connectivity index is 1.57. The van der Waals surface area contributed by atoms with E-state index in [2.05, 4.69) is 21.7 Å². The molecule has 2 amide bonds. The van der Waals surface area contributed by atoms with Crippen LogP contribution in [0.5, 0.6) is 0 Å². The summed E-state index contributed by atoms with van der Waals surface area (Å²) >= 11 is 0. The zero-order valence-corrected chi connectivity index (χ0v) is 14.4. The Kier molecular flexibility index (Phi) is 5.43. The maximum atomic E-state index is 12.6. The van der Waals surface area contributed by atoms with Crippen LogP contribution in [0.4, 0.5) is 0 Å². The summed E-state index contributed by atoms with van der Waals surface area (Å²) in [6.07, 6.45) is 5.77. The Morgan fingerprint density at radius 2 is 1.96 bits per heavy atom. The van der Waals surface area contributed by atoms with Crippen LogP contribution in [0.25, 0.3) is 0 Å². The number of rotatable bonds is 5. The van der Waals surface area contributed by atoms with E-state index in [0.29, 0.717) is 12.1 Å². The van der Waals surface area contributed by atoms with E-state index in [1.807, 2.05) is 25.1 Å². The van der Waals surface area contributed by atoms with E-state index in [1.165, 1.54) is 5.56 Å². The largest absolute Gasteiger partial charge is 0.352 e. The lowest BCUT2D eigenvalue weighted by molar-refractivity contribution is -0.125. The summed E-state index contributed by atoms with van der Waals surface area (Å²) in [5, 5.41) is 6.02. The molecular weight excluding hydrogens is 314 g/mol. The van der Waals surface area contributed by atoms with E-state index in [1.54, 1.807) is 24.5 Å². The Labute approximate surface area is 147 Å². The first kappa shape index (κ1) is 17.1. The number of amides is 2. The predicted molar refractivity (Wildman–Crippen MR) is 95.9 cm³/mol. The van der Waals surface area contributed by atoms with Crippen molar-refractivity contribution in [1.29, 1.82) is 0 Å². The van der Waals surface area contributed by atoms with Gasteiger partial charge in [-0.2, -0.15) is 0 Å². The summed E-state index contributed by atoms with van der Waals surface area (Å²) < 4.78 is 0. The monoisotopic (exact) mass is 337 g/mol. The zero-order valence-electron chi connectivity index (χ0n) is 14.4. The molecule has 25 heavy (non-hydrogen) atoms. The molecule has 0 saturated heterocycles. The van der Waals surface area contributed by atoms with Crippen molar-refractivity contribution >= 4 is 11.8 Å². The number of carbonyl (C=O) groups excluding carboxylic acids is 2. The quantitative estimate of drug-likeness (QED) is 0.881. The molecule has 0 bridgehead atoms. The van der Waals surface area contributed by atoms with Crippen LogP contribution in [-0.2, 0) is 11.3 Å². The topological polar surface area (TPSA) is 71.1 Å². The van der Waals surface area contributed by atoms with Crippen LogP contribution in [0, 0.1) is 12.8 Å². The van der Waals surface area contributed by atoms with Gasteiger partial charge in [-0.3, -0.25) is 14.6 Å². The van der Waals surface area contributed by atoms with Crippen molar-refractivity contribution in [1.82, 2.24) is 15.6 Å². The lowest BCUT2D eigenvalue weighted by Gasteiger charge is -2.20. The van der Waals surface area contributed by atoms with Gasteiger partial charge in [0.05, 0.1) is 5.92 Å². The summed E-state index contributed by atoms with van der Waals surface area (Å²) in [7, 11) is 0. The van der Waals surface area contributed by atoms with Crippen molar-refractivity contribution in [3.05, 3.63) is 65.5 Å². The number of carbonyl (C=O) groups is 2. The molecule has 0 aliphatic heterocycles. The van der Waals surface area contributed by atoms with Gasteiger partial charge in [0, 0.05) is 30.5 Å². The molecule has 1 aliphatic rings. The molecule has 3 rings (SSSR count). The molecule has 0 unspecified atom stereocenters. The lowest BCUT2D eigenvalue weighted by atomic mass is 10.0. The lowest BCUT2D eigenvalue weighted by Crippen LogP contribution is -2.43. The van der Waals surface area contributed by atoms with Crippen LogP contribution in [0.2, 0.25) is 0 Å². The minimum atomic E-state index is -0.171. The minimum Gasteiger partial charge on any atom is -0.352 e. The first-order valence-corrected chi connectivity index (χ1v) is 8.67. The highest BCUT2D eigenvalue weighted by Crippen LogP contribution is 2.26. The van der Waals surface area contributed by atoms with Crippen LogP contribution in [0.1, 0.15) is 40.7 Å². The average molecular weight is 337 g/mol. The van der Waals surface area contributed by atoms with Gasteiger partial charge in [-0.25, -0.2) is 0 Å². The Hall–Kier alpha value is -2.69. The average Bonchev–Trinajstić information content (AvgIpc) is 3.08. The van der Waals surface area contributed by atoms with Crippen molar-refractivity contribution in [2.75, 3.05) is 0 Å². The molecular formula is C20H23N3O2. The van der Waals surface area contributed by atoms with Gasteiger partial charge in [-0.1, -0.05) is 36.2 Å². The van der Waals surface area contributed by atoms with Gasteiger partial charge in [0.1, 0.15) is 0 Å². The van der Waals surface area contributed by atoms with E-state index in [0.717, 1.165) is 24.8 Å². The molecule has 0 spiro atoms. The van der Waals surface area contributed by atoms with E-state index < -0.39 is 0 Å². The summed E-state index contributed by atoms with van der Waals surface area (Å²) in [6, 6.07) is 11.3. The van der Waals surface area contributed by atoms with Crippen molar-refractivity contribution in [2.45, 2.75) is 38.8 Å². The van der Waals surface area contributed by atoms with E-state index in [-0.39, 0.29) is 23.8 Å². The highest BCUT2D eigenvalue weighted by molar-refractivity contribution is 5.94. The molecule has 2 aromatic rings. The van der Waals surface area contributed by atoms with Crippen LogP contribution in [-0.4, -0.2) is 22.8 Å². The second-order valence-electron chi connectivity index (χ2n) is 6.56. The Bertz CT molecular complexity index is 746. The number of hydrogen-bond acceptors (Lipinski definition) is 3. The third kappa shape index (κ3) is 4.44. The molecule has 5 heteroatoms. The molecule has 1 heterocycles. The normalized spacial score (nSPS) is 19.4. The van der Waals surface area contributed by atoms with E-state index in [4.69, 9.17) is 0 Å². The van der Waals surface area contributed by atoms with Gasteiger partial charge in [0.25, 0.3) is 5.91 Å². The van der Waals surface area contributed by atoms with Gasteiger partial charge >= 0.3 is 0 Å². The summed E-state index contributed by atoms with van der Waals surface area (Å²) in [6.45, 7) is 2.55. The fourth-order valence-corrected chi connectivity index (χ4v) is 3.34. The smallest absolute Gasteiger partial charge is 0.251 e. The minimum absolute atomic E-state index is 0.0130. The van der Waals surface area contributed by atoms with Crippen LogP contribution < -0.4 is 10.6 Å². The van der Waals surface area contributed by atoms with E-state index >= 15 is 0 Å². The summed E-state index contributed by atoms with van der Waals surface area (Å²) in [5.41, 5.74) is 2.83. The molecule has 2 N–H and O–H groups in total. The second kappa shape index (κ2) is 7.92. The van der Waals surface area contributed by atoms with Crippen molar-refractivity contribution < 1.29 is 9.59 Å². The molecule has 1 saturated carbocycles. The van der Waals surface area contributed by atoms with Crippen molar-refractivity contribution in [3.8, 4) is 0 Å². The third-order valence-electron chi connectivity index (χ3n) is 4.66. The van der Waals surface area contributed by atoms with Gasteiger partial charge in [-0.05, 0) is 37.5 Å². The zero-order chi connectivity index (χ0) is 17.6. The second-order valence-corrected chi connectivity index (χ2v) is 6.56. The third-order valence-corrected chi connectivity index (χ3v) is 4.66. The van der Waals surface area contributed by atoms with Gasteiger partial charge < -0.3 is 10.6 Å². The number of nitrogens with zero attached hydrogens (tertiary/aromatic N) is 1. The molecule has 1 aliphatic carbocycles. The van der Waals surface area contributed by atoms with Crippen molar-refractivity contribution in [2.24, 2.45) is 5.92 Å². The van der Waals surface area contributed by atoms with Crippen molar-refractivity contribution in [3.63, 3.8) is 0 Å². The molecule has 130 valence electrons. The van der Waals surface area contributed by atoms with Gasteiger partial charge in [-0.15, -0.1) is 0 Å². The number of benzene rings is 1. The number of aromatic nitrogens is 1. The molecule has 0 radical (unpaired) electrons. The number of aryl methyl sites for hydroxylation is 1. The molecule has 1 aromatic heterocycles. The first-order valence-electron chi connectivity index (χ1n) is 8.67. The fourth-order valence-electron chi connectivity index (χ4n) is 3.34. The maximum absolute atomic E-state index is 12.6. The standard InChI is InChI=1S/C20H23N3O2/c1-14-4-2-5-15(12-14)13-22-20(25)17-6-3-7-18(17)23-19(24)16-8-10-21-11-9-16/h2,4-5,8-12,17-18H,3,6-7,13H2,1H3,(H,22,25)(H,23,24)/t17-,18+/m0/s1. The van der Waals surface area contributed by atoms with Gasteiger partial charge in [0.15, 0.2) is 0 Å². The maximum Gasteiger partial charge on any atom is 0.251 e. The fraction of sp³-hybridized carbons (Fsp3) is 0.350. The number of pyridine rings is 1. The summed E-state index contributed by atoms with van der Waals surface area (Å²) in [5.74, 6) is -0.305. The SMILES string of the molecule is Cc1cccc(CNC(=O)[C@H]2CCC[C@H]2NC(=O)c2ccncc2)c1. The highest BCUT2D eigenvalue weighted by atomic mass is 16.2. The highest BCUT2D eigenvalue weighted by Gasteiger charge is 2.34. The first-order chi connectivity index (χ1) is 12.1. The Morgan fingerprint density at radius 1 is 1.16 bits per heavy atom. The molecule has 1 aromatic carbocycles. The number of nitrogens with one attached hydrogen (secondary N) is 2. The summed E-state index contributed by atoms with van der Waals surface area (Å²) in [4.78, 5) is 28.8. The van der Waals surface area contributed by atoms with Crippen LogP contribution >= 0.6 is 0 Å². The van der Waals surface area contributed by atoms with Gasteiger partial charge in [0.2, 0.25) is 5.91 Å². The Morgan fingerprint density at radius 3 is 2.72 bits per heavy atom. The number of hydrogen-bond donors (Lipinski definition) is 2.